The van der Waals surface area contributed by atoms with Crippen molar-refractivity contribution in [3.05, 3.63) is 59.2 Å². The van der Waals surface area contributed by atoms with Crippen molar-refractivity contribution in [1.82, 2.24) is 4.90 Å². The van der Waals surface area contributed by atoms with E-state index in [-0.39, 0.29) is 5.91 Å². The number of carbonyl (C=O) groups excluding carboxylic acids is 1. The Balaban J connectivity index is 1.42. The molecule has 1 amide bonds. The van der Waals surface area contributed by atoms with Crippen LogP contribution in [0, 0.1) is 0 Å². The van der Waals surface area contributed by atoms with E-state index in [1.54, 1.807) is 7.11 Å². The van der Waals surface area contributed by atoms with Crippen molar-refractivity contribution in [2.24, 2.45) is 0 Å². The molecular weight excluding hydrogens is 324 g/mol. The van der Waals surface area contributed by atoms with Crippen LogP contribution in [-0.4, -0.2) is 44.1 Å². The molecule has 0 bridgehead atoms. The van der Waals surface area contributed by atoms with Crippen molar-refractivity contribution in [3.63, 3.8) is 0 Å². The maximum Gasteiger partial charge on any atom is 0.253 e. The molecule has 0 saturated carbocycles. The number of hydrogen-bond acceptors (Lipinski definition) is 3. The van der Waals surface area contributed by atoms with Crippen LogP contribution in [0.3, 0.4) is 0 Å². The molecule has 0 spiro atoms. The molecule has 0 N–H and O–H groups in total. The van der Waals surface area contributed by atoms with Gasteiger partial charge >= 0.3 is 0 Å². The third-order valence-corrected chi connectivity index (χ3v) is 5.58. The number of carbonyl (C=O) groups is 1. The lowest BCUT2D eigenvalue weighted by Crippen LogP contribution is -2.48. The monoisotopic (exact) mass is 350 g/mol. The number of nitrogens with zero attached hydrogens (tertiary/aromatic N) is 2. The Kier molecular flexibility index (Phi) is 4.83. The van der Waals surface area contributed by atoms with Gasteiger partial charge in [0.15, 0.2) is 0 Å². The zero-order chi connectivity index (χ0) is 17.9. The summed E-state index contributed by atoms with van der Waals surface area (Å²) in [7, 11) is 1.69. The fraction of sp³-hybridized carbons (Fsp3) is 0.409. The summed E-state index contributed by atoms with van der Waals surface area (Å²) in [4.78, 5) is 17.2. The van der Waals surface area contributed by atoms with Crippen LogP contribution in [0.1, 0.15) is 34.3 Å². The van der Waals surface area contributed by atoms with Crippen molar-refractivity contribution in [3.8, 4) is 5.75 Å². The molecule has 0 unspecified atom stereocenters. The van der Waals surface area contributed by atoms with Crippen molar-refractivity contribution in [2.45, 2.75) is 25.7 Å². The van der Waals surface area contributed by atoms with Crippen LogP contribution in [-0.2, 0) is 12.8 Å². The second-order valence-electron chi connectivity index (χ2n) is 7.17. The van der Waals surface area contributed by atoms with Gasteiger partial charge in [-0.3, -0.25) is 4.79 Å². The molecule has 4 heteroatoms. The van der Waals surface area contributed by atoms with E-state index in [9.17, 15) is 4.79 Å². The van der Waals surface area contributed by atoms with E-state index in [0.29, 0.717) is 0 Å². The van der Waals surface area contributed by atoms with Gasteiger partial charge in [-0.25, -0.2) is 0 Å². The molecule has 4 nitrogen and oxygen atoms in total. The fourth-order valence-electron chi connectivity index (χ4n) is 4.02. The smallest absolute Gasteiger partial charge is 0.253 e. The molecule has 1 aliphatic heterocycles. The first-order valence-corrected chi connectivity index (χ1v) is 9.55. The zero-order valence-corrected chi connectivity index (χ0v) is 15.4. The van der Waals surface area contributed by atoms with Crippen molar-refractivity contribution < 1.29 is 9.53 Å². The first-order valence-electron chi connectivity index (χ1n) is 9.55. The van der Waals surface area contributed by atoms with Gasteiger partial charge in [0, 0.05) is 43.5 Å². The molecule has 1 aliphatic carbocycles. The van der Waals surface area contributed by atoms with Crippen LogP contribution < -0.4 is 9.64 Å². The standard InChI is InChI=1S/C22H26N2O2/c1-26-21-8-4-7-20(16-21)23-11-13-24(14-12-23)22(25)19-10-9-17-5-2-3-6-18(17)15-19/h4,7-10,15-16H,2-3,5-6,11-14H2,1H3. The highest BCUT2D eigenvalue weighted by molar-refractivity contribution is 5.94. The number of benzene rings is 2. The van der Waals surface area contributed by atoms with E-state index < -0.39 is 0 Å². The third-order valence-electron chi connectivity index (χ3n) is 5.58. The zero-order valence-electron chi connectivity index (χ0n) is 15.4. The van der Waals surface area contributed by atoms with Crippen molar-refractivity contribution >= 4 is 11.6 Å². The summed E-state index contributed by atoms with van der Waals surface area (Å²) in [5.74, 6) is 1.04. The van der Waals surface area contributed by atoms with Gasteiger partial charge < -0.3 is 14.5 Å². The number of rotatable bonds is 3. The second-order valence-corrected chi connectivity index (χ2v) is 7.17. The molecule has 2 aromatic rings. The summed E-state index contributed by atoms with van der Waals surface area (Å²) < 4.78 is 5.32. The number of fused-ring (bicyclic) bond motifs is 1. The molecule has 0 atom stereocenters. The summed E-state index contributed by atoms with van der Waals surface area (Å²) in [5, 5.41) is 0. The molecule has 0 radical (unpaired) electrons. The molecule has 2 aliphatic rings. The number of amides is 1. The minimum atomic E-state index is 0.170. The van der Waals surface area contributed by atoms with Crippen LogP contribution in [0.5, 0.6) is 5.75 Å². The van der Waals surface area contributed by atoms with E-state index in [1.165, 1.54) is 24.0 Å². The highest BCUT2D eigenvalue weighted by Gasteiger charge is 2.23. The highest BCUT2D eigenvalue weighted by atomic mass is 16.5. The van der Waals surface area contributed by atoms with Gasteiger partial charge in [-0.1, -0.05) is 12.1 Å². The van der Waals surface area contributed by atoms with Crippen molar-refractivity contribution in [1.29, 1.82) is 0 Å². The Morgan fingerprint density at radius 2 is 1.69 bits per heavy atom. The van der Waals surface area contributed by atoms with Crippen LogP contribution >= 0.6 is 0 Å². The topological polar surface area (TPSA) is 32.8 Å². The van der Waals surface area contributed by atoms with Gasteiger partial charge in [0.2, 0.25) is 0 Å². The minimum Gasteiger partial charge on any atom is -0.497 e. The molecule has 1 saturated heterocycles. The maximum atomic E-state index is 12.9. The Morgan fingerprint density at radius 1 is 0.923 bits per heavy atom. The van der Waals surface area contributed by atoms with Gasteiger partial charge in [-0.05, 0) is 61.1 Å². The van der Waals surface area contributed by atoms with Crippen LogP contribution in [0.25, 0.3) is 0 Å². The van der Waals surface area contributed by atoms with Gasteiger partial charge in [-0.15, -0.1) is 0 Å². The SMILES string of the molecule is COc1cccc(N2CCN(C(=O)c3ccc4c(c3)CCCC4)CC2)c1. The number of piperazine rings is 1. The quantitative estimate of drug-likeness (QED) is 0.849. The van der Waals surface area contributed by atoms with Gasteiger partial charge in [0.25, 0.3) is 5.91 Å². The average Bonchev–Trinajstić information content (AvgIpc) is 2.73. The van der Waals surface area contributed by atoms with Gasteiger partial charge in [-0.2, -0.15) is 0 Å². The number of anilines is 1. The molecule has 2 aromatic carbocycles. The summed E-state index contributed by atoms with van der Waals surface area (Å²) in [6.07, 6.45) is 4.78. The van der Waals surface area contributed by atoms with E-state index in [0.717, 1.165) is 56.0 Å². The predicted molar refractivity (Wildman–Crippen MR) is 104 cm³/mol. The van der Waals surface area contributed by atoms with E-state index in [4.69, 9.17) is 4.74 Å². The van der Waals surface area contributed by atoms with Gasteiger partial charge in [0.05, 0.1) is 7.11 Å². The summed E-state index contributed by atoms with van der Waals surface area (Å²) in [6.45, 7) is 3.22. The number of ether oxygens (including phenoxy) is 1. The lowest BCUT2D eigenvalue weighted by Gasteiger charge is -2.36. The fourth-order valence-corrected chi connectivity index (χ4v) is 4.02. The lowest BCUT2D eigenvalue weighted by molar-refractivity contribution is 0.0746. The number of methoxy groups -OCH3 is 1. The molecule has 136 valence electrons. The first-order chi connectivity index (χ1) is 12.7. The average molecular weight is 350 g/mol. The van der Waals surface area contributed by atoms with Crippen LogP contribution in [0.2, 0.25) is 0 Å². The maximum absolute atomic E-state index is 12.9. The molecule has 0 aromatic heterocycles. The molecular formula is C22H26N2O2. The Morgan fingerprint density at radius 3 is 2.46 bits per heavy atom. The number of aryl methyl sites for hydroxylation is 2. The summed E-state index contributed by atoms with van der Waals surface area (Å²) in [5.41, 5.74) is 4.80. The summed E-state index contributed by atoms with van der Waals surface area (Å²) in [6, 6.07) is 14.4. The lowest BCUT2D eigenvalue weighted by atomic mass is 9.90. The Bertz CT molecular complexity index is 794. The third kappa shape index (κ3) is 3.41. The molecule has 26 heavy (non-hydrogen) atoms. The van der Waals surface area contributed by atoms with Crippen LogP contribution in [0.15, 0.2) is 42.5 Å². The van der Waals surface area contributed by atoms with E-state index in [1.807, 2.05) is 23.1 Å². The highest BCUT2D eigenvalue weighted by Crippen LogP contribution is 2.24. The molecule has 1 fully saturated rings. The second kappa shape index (κ2) is 7.40. The largest absolute Gasteiger partial charge is 0.497 e. The van der Waals surface area contributed by atoms with Gasteiger partial charge in [0.1, 0.15) is 5.75 Å². The van der Waals surface area contributed by atoms with Crippen molar-refractivity contribution in [2.75, 3.05) is 38.2 Å². The first kappa shape index (κ1) is 17.0. The summed E-state index contributed by atoms with van der Waals surface area (Å²) >= 11 is 0. The Labute approximate surface area is 155 Å². The van der Waals surface area contributed by atoms with Crippen LogP contribution in [0.4, 0.5) is 5.69 Å². The molecule has 1 heterocycles. The van der Waals surface area contributed by atoms with E-state index in [2.05, 4.69) is 29.2 Å². The number of hydrogen-bond donors (Lipinski definition) is 0. The Hall–Kier alpha value is -2.49. The molecule has 4 rings (SSSR count). The van der Waals surface area contributed by atoms with E-state index >= 15 is 0 Å². The normalized spacial score (nSPS) is 17.0. The minimum absolute atomic E-state index is 0.170. The predicted octanol–water partition coefficient (Wildman–Crippen LogP) is 3.54.